The lowest BCUT2D eigenvalue weighted by Crippen LogP contribution is -2.43. The summed E-state index contributed by atoms with van der Waals surface area (Å²) in [5, 5.41) is 3.66. The topological polar surface area (TPSA) is 28.4 Å². The van der Waals surface area contributed by atoms with E-state index in [1.807, 2.05) is 6.07 Å². The van der Waals surface area contributed by atoms with E-state index in [0.29, 0.717) is 0 Å². The normalized spacial score (nSPS) is 29.8. The maximum absolute atomic E-state index is 5.52. The molecule has 3 nitrogen and oxygen atoms in total. The summed E-state index contributed by atoms with van der Waals surface area (Å²) >= 11 is 3.54. The minimum absolute atomic E-state index is 0.757. The van der Waals surface area contributed by atoms with Gasteiger partial charge in [0.2, 0.25) is 0 Å². The molecule has 1 aromatic heterocycles. The van der Waals surface area contributed by atoms with Gasteiger partial charge in [0.15, 0.2) is 0 Å². The number of rotatable bonds is 3. The number of piperidine rings is 1. The minimum atomic E-state index is 0.757. The average molecular weight is 313 g/mol. The lowest BCUT2D eigenvalue weighted by atomic mass is 9.90. The number of likely N-dealkylation sites (tertiary alicyclic amines) is 1. The Morgan fingerprint density at radius 2 is 2.33 bits per heavy atom. The largest absolute Gasteiger partial charge is 0.467 e. The van der Waals surface area contributed by atoms with Crippen LogP contribution in [0.25, 0.3) is 0 Å². The van der Waals surface area contributed by atoms with Crippen LogP contribution >= 0.6 is 15.9 Å². The van der Waals surface area contributed by atoms with Crippen LogP contribution in [0, 0.1) is 5.92 Å². The summed E-state index contributed by atoms with van der Waals surface area (Å²) < 4.78 is 6.62. The van der Waals surface area contributed by atoms with Gasteiger partial charge in [-0.05, 0) is 66.7 Å². The molecular formula is C14H21BrN2O. The fourth-order valence-electron chi connectivity index (χ4n) is 3.32. The van der Waals surface area contributed by atoms with Gasteiger partial charge < -0.3 is 9.73 Å². The maximum atomic E-state index is 5.52. The zero-order chi connectivity index (χ0) is 12.4. The van der Waals surface area contributed by atoms with E-state index in [0.717, 1.165) is 28.7 Å². The number of nitrogens with zero attached hydrogens (tertiary/aromatic N) is 1. The molecule has 0 aliphatic carbocycles. The lowest BCUT2D eigenvalue weighted by molar-refractivity contribution is 0.137. The van der Waals surface area contributed by atoms with Crippen LogP contribution in [0.4, 0.5) is 0 Å². The third-order valence-corrected chi connectivity index (χ3v) is 4.97. The quantitative estimate of drug-likeness (QED) is 0.930. The number of halogens is 1. The van der Waals surface area contributed by atoms with Crippen LogP contribution in [0.2, 0.25) is 0 Å². The highest BCUT2D eigenvalue weighted by Crippen LogP contribution is 2.27. The van der Waals surface area contributed by atoms with Gasteiger partial charge in [-0.3, -0.25) is 4.90 Å². The smallest absolute Gasteiger partial charge is 0.131 e. The highest BCUT2D eigenvalue weighted by molar-refractivity contribution is 9.10. The zero-order valence-corrected chi connectivity index (χ0v) is 12.3. The Hall–Kier alpha value is -0.320. The van der Waals surface area contributed by atoms with E-state index >= 15 is 0 Å². The van der Waals surface area contributed by atoms with Crippen molar-refractivity contribution in [1.82, 2.24) is 10.2 Å². The molecule has 3 heterocycles. The first-order valence-corrected chi connectivity index (χ1v) is 7.80. The van der Waals surface area contributed by atoms with Crippen molar-refractivity contribution in [2.75, 3.05) is 19.6 Å². The Kier molecular flexibility index (Phi) is 4.07. The second-order valence-electron chi connectivity index (χ2n) is 5.53. The van der Waals surface area contributed by atoms with Crippen LogP contribution in [0.3, 0.4) is 0 Å². The van der Waals surface area contributed by atoms with E-state index in [-0.39, 0.29) is 0 Å². The van der Waals surface area contributed by atoms with E-state index < -0.39 is 0 Å². The molecule has 1 aromatic rings. The van der Waals surface area contributed by atoms with Crippen LogP contribution in [0.15, 0.2) is 21.2 Å². The molecule has 0 aromatic carbocycles. The Morgan fingerprint density at radius 1 is 1.39 bits per heavy atom. The first kappa shape index (κ1) is 12.7. The molecule has 3 rings (SSSR count). The molecule has 1 N–H and O–H groups in total. The van der Waals surface area contributed by atoms with Gasteiger partial charge in [-0.25, -0.2) is 0 Å². The third-order valence-electron chi connectivity index (χ3n) is 4.27. The minimum Gasteiger partial charge on any atom is -0.467 e. The van der Waals surface area contributed by atoms with E-state index in [1.165, 1.54) is 45.3 Å². The van der Waals surface area contributed by atoms with E-state index in [4.69, 9.17) is 4.42 Å². The SMILES string of the molecule is Brc1ccoc1CN1CCCC(C2CCCN2)C1. The van der Waals surface area contributed by atoms with Crippen molar-refractivity contribution >= 4 is 15.9 Å². The van der Waals surface area contributed by atoms with E-state index in [9.17, 15) is 0 Å². The van der Waals surface area contributed by atoms with Gasteiger partial charge in [0.1, 0.15) is 5.76 Å². The van der Waals surface area contributed by atoms with Crippen molar-refractivity contribution in [2.45, 2.75) is 38.3 Å². The van der Waals surface area contributed by atoms with Gasteiger partial charge in [0.05, 0.1) is 17.3 Å². The fraction of sp³-hybridized carbons (Fsp3) is 0.714. The van der Waals surface area contributed by atoms with Gasteiger partial charge in [-0.2, -0.15) is 0 Å². The third kappa shape index (κ3) is 2.81. The number of furan rings is 1. The molecular weight excluding hydrogens is 292 g/mol. The van der Waals surface area contributed by atoms with E-state index in [1.54, 1.807) is 6.26 Å². The van der Waals surface area contributed by atoms with Gasteiger partial charge >= 0.3 is 0 Å². The predicted octanol–water partition coefficient (Wildman–Crippen LogP) is 3.01. The molecule has 0 bridgehead atoms. The summed E-state index contributed by atoms with van der Waals surface area (Å²) in [7, 11) is 0. The van der Waals surface area contributed by atoms with Gasteiger partial charge in [0, 0.05) is 12.6 Å². The summed E-state index contributed by atoms with van der Waals surface area (Å²) in [4.78, 5) is 2.54. The molecule has 2 fully saturated rings. The molecule has 0 spiro atoms. The highest BCUT2D eigenvalue weighted by atomic mass is 79.9. The monoisotopic (exact) mass is 312 g/mol. The standard InChI is InChI=1S/C14H21BrN2O/c15-12-5-8-18-14(12)10-17-7-2-3-11(9-17)13-4-1-6-16-13/h5,8,11,13,16H,1-4,6-7,9-10H2. The summed E-state index contributed by atoms with van der Waals surface area (Å²) in [6, 6.07) is 2.74. The summed E-state index contributed by atoms with van der Waals surface area (Å²) in [6.45, 7) is 4.57. The van der Waals surface area contributed by atoms with Gasteiger partial charge in [-0.15, -0.1) is 0 Å². The van der Waals surface area contributed by atoms with Crippen molar-refractivity contribution in [3.8, 4) is 0 Å². The molecule has 100 valence electrons. The van der Waals surface area contributed by atoms with Crippen LogP contribution in [-0.4, -0.2) is 30.6 Å². The summed E-state index contributed by atoms with van der Waals surface area (Å²) in [5.41, 5.74) is 0. The van der Waals surface area contributed by atoms with Crippen molar-refractivity contribution in [2.24, 2.45) is 5.92 Å². The molecule has 4 heteroatoms. The molecule has 0 saturated carbocycles. The van der Waals surface area contributed by atoms with Crippen molar-refractivity contribution in [3.05, 3.63) is 22.6 Å². The second-order valence-corrected chi connectivity index (χ2v) is 6.39. The molecule has 18 heavy (non-hydrogen) atoms. The number of hydrogen-bond donors (Lipinski definition) is 1. The first-order chi connectivity index (χ1) is 8.83. The van der Waals surface area contributed by atoms with Crippen molar-refractivity contribution < 1.29 is 4.42 Å². The molecule has 2 unspecified atom stereocenters. The molecule has 2 aliphatic rings. The molecule has 0 amide bonds. The van der Waals surface area contributed by atoms with Crippen LogP contribution in [0.1, 0.15) is 31.4 Å². The summed E-state index contributed by atoms with van der Waals surface area (Å²) in [5.74, 6) is 1.89. The van der Waals surface area contributed by atoms with Gasteiger partial charge in [-0.1, -0.05) is 0 Å². The summed E-state index contributed by atoms with van der Waals surface area (Å²) in [6.07, 6.45) is 7.18. The first-order valence-electron chi connectivity index (χ1n) is 7.00. The number of hydrogen-bond acceptors (Lipinski definition) is 3. The predicted molar refractivity (Wildman–Crippen MR) is 75.4 cm³/mol. The Bertz CT molecular complexity index is 387. The van der Waals surface area contributed by atoms with Crippen LogP contribution in [-0.2, 0) is 6.54 Å². The highest BCUT2D eigenvalue weighted by Gasteiger charge is 2.29. The van der Waals surface area contributed by atoms with Crippen molar-refractivity contribution in [1.29, 1.82) is 0 Å². The zero-order valence-electron chi connectivity index (χ0n) is 10.7. The second kappa shape index (κ2) is 5.76. The molecule has 0 radical (unpaired) electrons. The van der Waals surface area contributed by atoms with Crippen LogP contribution in [0.5, 0.6) is 0 Å². The average Bonchev–Trinajstić information content (AvgIpc) is 3.02. The Labute approximate surface area is 117 Å². The Morgan fingerprint density at radius 3 is 3.06 bits per heavy atom. The Balaban J connectivity index is 1.58. The molecule has 2 saturated heterocycles. The fourth-order valence-corrected chi connectivity index (χ4v) is 3.64. The van der Waals surface area contributed by atoms with E-state index in [2.05, 4.69) is 26.1 Å². The van der Waals surface area contributed by atoms with Crippen molar-refractivity contribution in [3.63, 3.8) is 0 Å². The maximum Gasteiger partial charge on any atom is 0.131 e. The molecule has 2 aliphatic heterocycles. The van der Waals surface area contributed by atoms with Gasteiger partial charge in [0.25, 0.3) is 0 Å². The van der Waals surface area contributed by atoms with Crippen LogP contribution < -0.4 is 5.32 Å². The molecule has 2 atom stereocenters. The lowest BCUT2D eigenvalue weighted by Gasteiger charge is -2.35. The number of nitrogens with one attached hydrogen (secondary N) is 1.